The van der Waals surface area contributed by atoms with Gasteiger partial charge < -0.3 is 10.6 Å². The average Bonchev–Trinajstić information content (AvgIpc) is 3.11. The standard InChI is InChI=1S/C15H20N4OS2.ClH/c1-9-10(2)22-15-13(9)14(17-8-18-15)21-7-12(20)19-4-3-11(5-16)6-19;/h8,11H,3-7,16H2,1-2H3;1H. The average molecular weight is 373 g/mol. The molecule has 0 radical (unpaired) electrons. The predicted molar refractivity (Wildman–Crippen MR) is 98.6 cm³/mol. The van der Waals surface area contributed by atoms with Crippen LogP contribution in [-0.4, -0.2) is 46.2 Å². The highest BCUT2D eigenvalue weighted by molar-refractivity contribution is 8.00. The monoisotopic (exact) mass is 372 g/mol. The van der Waals surface area contributed by atoms with E-state index in [-0.39, 0.29) is 18.3 Å². The lowest BCUT2D eigenvalue weighted by atomic mass is 10.1. The zero-order valence-corrected chi connectivity index (χ0v) is 15.7. The molecule has 3 heterocycles. The van der Waals surface area contributed by atoms with E-state index in [1.807, 2.05) is 4.90 Å². The number of thiophene rings is 1. The number of aryl methyl sites for hydroxylation is 2. The lowest BCUT2D eigenvalue weighted by molar-refractivity contribution is -0.127. The number of nitrogens with two attached hydrogens (primary N) is 1. The van der Waals surface area contributed by atoms with Crippen LogP contribution in [-0.2, 0) is 4.79 Å². The van der Waals surface area contributed by atoms with Crippen LogP contribution < -0.4 is 5.73 Å². The number of carbonyl (C=O) groups excluding carboxylic acids is 1. The first kappa shape index (κ1) is 18.4. The summed E-state index contributed by atoms with van der Waals surface area (Å²) in [6.45, 7) is 6.48. The second-order valence-corrected chi connectivity index (χ2v) is 7.83. The predicted octanol–water partition coefficient (Wildman–Crippen LogP) is 2.63. The maximum atomic E-state index is 12.3. The zero-order chi connectivity index (χ0) is 15.7. The number of thioether (sulfide) groups is 1. The van der Waals surface area contributed by atoms with Crippen molar-refractivity contribution in [1.29, 1.82) is 0 Å². The molecule has 1 atom stereocenters. The number of aromatic nitrogens is 2. The second-order valence-electron chi connectivity index (χ2n) is 5.66. The molecular formula is C15H21ClN4OS2. The van der Waals surface area contributed by atoms with Crippen molar-refractivity contribution in [3.63, 3.8) is 0 Å². The molecule has 0 bridgehead atoms. The van der Waals surface area contributed by atoms with Crippen molar-refractivity contribution in [1.82, 2.24) is 14.9 Å². The minimum Gasteiger partial charge on any atom is -0.342 e. The van der Waals surface area contributed by atoms with Gasteiger partial charge in [-0.05, 0) is 38.3 Å². The van der Waals surface area contributed by atoms with Crippen LogP contribution in [0.4, 0.5) is 0 Å². The molecule has 8 heteroatoms. The van der Waals surface area contributed by atoms with Crippen LogP contribution in [0.1, 0.15) is 16.9 Å². The topological polar surface area (TPSA) is 72.1 Å². The van der Waals surface area contributed by atoms with E-state index in [1.165, 1.54) is 22.2 Å². The normalized spacial score (nSPS) is 17.5. The summed E-state index contributed by atoms with van der Waals surface area (Å²) in [6.07, 6.45) is 2.61. The number of amides is 1. The molecule has 1 unspecified atom stereocenters. The van der Waals surface area contributed by atoms with Crippen LogP contribution in [0.2, 0.25) is 0 Å². The Hall–Kier alpha value is -0.890. The van der Waals surface area contributed by atoms with Crippen LogP contribution in [0, 0.1) is 19.8 Å². The van der Waals surface area contributed by atoms with Crippen LogP contribution in [0.3, 0.4) is 0 Å². The van der Waals surface area contributed by atoms with E-state index < -0.39 is 0 Å². The van der Waals surface area contributed by atoms with Crippen molar-refractivity contribution >= 4 is 51.6 Å². The minimum absolute atomic E-state index is 0. The summed E-state index contributed by atoms with van der Waals surface area (Å²) >= 11 is 3.20. The van der Waals surface area contributed by atoms with Gasteiger partial charge in [0.25, 0.3) is 0 Å². The van der Waals surface area contributed by atoms with E-state index in [4.69, 9.17) is 5.73 Å². The molecule has 2 aromatic rings. The fourth-order valence-corrected chi connectivity index (χ4v) is 4.75. The highest BCUT2D eigenvalue weighted by atomic mass is 35.5. The van der Waals surface area contributed by atoms with Gasteiger partial charge >= 0.3 is 0 Å². The molecule has 0 aromatic carbocycles. The fourth-order valence-electron chi connectivity index (χ4n) is 2.73. The van der Waals surface area contributed by atoms with Gasteiger partial charge in [-0.2, -0.15) is 0 Å². The van der Waals surface area contributed by atoms with Crippen molar-refractivity contribution in [2.24, 2.45) is 11.7 Å². The zero-order valence-electron chi connectivity index (χ0n) is 13.2. The Labute approximate surface area is 150 Å². The van der Waals surface area contributed by atoms with Gasteiger partial charge in [0, 0.05) is 23.4 Å². The summed E-state index contributed by atoms with van der Waals surface area (Å²) < 4.78 is 0. The summed E-state index contributed by atoms with van der Waals surface area (Å²) in [6, 6.07) is 0. The molecule has 126 valence electrons. The van der Waals surface area contributed by atoms with Crippen LogP contribution in [0.15, 0.2) is 11.4 Å². The van der Waals surface area contributed by atoms with Crippen LogP contribution in [0.5, 0.6) is 0 Å². The number of hydrogen-bond acceptors (Lipinski definition) is 6. The summed E-state index contributed by atoms with van der Waals surface area (Å²) in [5.74, 6) is 1.07. The van der Waals surface area contributed by atoms with Gasteiger partial charge in [0.15, 0.2) is 0 Å². The summed E-state index contributed by atoms with van der Waals surface area (Å²) in [5.41, 5.74) is 6.91. The molecule has 1 fully saturated rings. The third-order valence-electron chi connectivity index (χ3n) is 4.23. The maximum Gasteiger partial charge on any atom is 0.232 e. The van der Waals surface area contributed by atoms with E-state index in [2.05, 4.69) is 23.8 Å². The quantitative estimate of drug-likeness (QED) is 0.659. The highest BCUT2D eigenvalue weighted by Gasteiger charge is 2.25. The highest BCUT2D eigenvalue weighted by Crippen LogP contribution is 2.34. The Morgan fingerprint density at radius 2 is 2.26 bits per heavy atom. The van der Waals surface area contributed by atoms with Crippen LogP contribution >= 0.6 is 35.5 Å². The van der Waals surface area contributed by atoms with Gasteiger partial charge in [0.1, 0.15) is 16.2 Å². The number of carbonyl (C=O) groups is 1. The molecule has 2 aromatic heterocycles. The minimum atomic E-state index is 0. The lowest BCUT2D eigenvalue weighted by Crippen LogP contribution is -2.31. The van der Waals surface area contributed by atoms with Crippen molar-refractivity contribution in [3.05, 3.63) is 16.8 Å². The summed E-state index contributed by atoms with van der Waals surface area (Å²) in [5, 5.41) is 2.01. The molecule has 3 rings (SSSR count). The Balaban J connectivity index is 0.00000192. The molecule has 23 heavy (non-hydrogen) atoms. The Kier molecular flexibility index (Phi) is 6.25. The van der Waals surface area contributed by atoms with E-state index in [9.17, 15) is 4.79 Å². The van der Waals surface area contributed by atoms with Gasteiger partial charge in [-0.1, -0.05) is 11.8 Å². The number of fused-ring (bicyclic) bond motifs is 1. The molecule has 2 N–H and O–H groups in total. The van der Waals surface area contributed by atoms with Gasteiger partial charge in [-0.3, -0.25) is 4.79 Å². The van der Waals surface area contributed by atoms with Gasteiger partial charge in [0.05, 0.1) is 5.75 Å². The van der Waals surface area contributed by atoms with Gasteiger partial charge in [-0.15, -0.1) is 23.7 Å². The van der Waals surface area contributed by atoms with E-state index >= 15 is 0 Å². The molecule has 1 aliphatic rings. The molecular weight excluding hydrogens is 352 g/mol. The molecule has 0 aliphatic carbocycles. The molecule has 1 aliphatic heterocycles. The molecule has 0 spiro atoms. The summed E-state index contributed by atoms with van der Waals surface area (Å²) in [7, 11) is 0. The first-order chi connectivity index (χ1) is 10.6. The van der Waals surface area contributed by atoms with Crippen LogP contribution in [0.25, 0.3) is 10.2 Å². The first-order valence-electron chi connectivity index (χ1n) is 7.41. The number of likely N-dealkylation sites (tertiary alicyclic amines) is 1. The maximum absolute atomic E-state index is 12.3. The van der Waals surface area contributed by atoms with Gasteiger partial charge in [-0.25, -0.2) is 9.97 Å². The second kappa shape index (κ2) is 7.79. The first-order valence-corrected chi connectivity index (χ1v) is 9.21. The van der Waals surface area contributed by atoms with Crippen molar-refractivity contribution in [2.75, 3.05) is 25.4 Å². The number of hydrogen-bond donors (Lipinski definition) is 1. The molecule has 5 nitrogen and oxygen atoms in total. The summed E-state index contributed by atoms with van der Waals surface area (Å²) in [4.78, 5) is 25.2. The Morgan fingerprint density at radius 1 is 1.48 bits per heavy atom. The number of halogens is 1. The molecule has 1 saturated heterocycles. The molecule has 0 saturated carbocycles. The van der Waals surface area contributed by atoms with E-state index in [1.54, 1.807) is 17.7 Å². The molecule has 1 amide bonds. The Bertz CT molecular complexity index is 706. The smallest absolute Gasteiger partial charge is 0.232 e. The van der Waals surface area contributed by atoms with Crippen molar-refractivity contribution in [3.8, 4) is 0 Å². The van der Waals surface area contributed by atoms with Crippen molar-refractivity contribution in [2.45, 2.75) is 25.3 Å². The largest absolute Gasteiger partial charge is 0.342 e. The fraction of sp³-hybridized carbons (Fsp3) is 0.533. The van der Waals surface area contributed by atoms with Gasteiger partial charge in [0.2, 0.25) is 5.91 Å². The van der Waals surface area contributed by atoms with E-state index in [0.717, 1.165) is 34.8 Å². The Morgan fingerprint density at radius 3 is 2.96 bits per heavy atom. The third kappa shape index (κ3) is 3.79. The number of nitrogens with zero attached hydrogens (tertiary/aromatic N) is 3. The van der Waals surface area contributed by atoms with E-state index in [0.29, 0.717) is 18.2 Å². The number of rotatable bonds is 4. The lowest BCUT2D eigenvalue weighted by Gasteiger charge is -2.15. The SMILES string of the molecule is Cc1sc2ncnc(SCC(=O)N3CCC(CN)C3)c2c1C.Cl. The third-order valence-corrected chi connectivity index (χ3v) is 6.32. The van der Waals surface area contributed by atoms with Crippen molar-refractivity contribution < 1.29 is 4.79 Å².